The fourth-order valence-corrected chi connectivity index (χ4v) is 2.48. The fraction of sp³-hybridized carbons (Fsp3) is 0.500. The van der Waals surface area contributed by atoms with Crippen LogP contribution in [0.4, 0.5) is 0 Å². The summed E-state index contributed by atoms with van der Waals surface area (Å²) < 4.78 is 5.43. The van der Waals surface area contributed by atoms with Crippen LogP contribution >= 0.6 is 0 Å². The van der Waals surface area contributed by atoms with Crippen LogP contribution in [-0.4, -0.2) is 21.4 Å². The molecule has 0 saturated heterocycles. The molecule has 20 heavy (non-hydrogen) atoms. The first-order valence-corrected chi connectivity index (χ1v) is 7.12. The van der Waals surface area contributed by atoms with Crippen molar-refractivity contribution in [3.05, 3.63) is 47.4 Å². The third-order valence-electron chi connectivity index (χ3n) is 3.66. The number of furan rings is 1. The number of rotatable bonds is 2. The SMILES string of the molecule is CC(C)(C)c1ncc2c(n1)CN(Cc1ccco1)CC2. The fourth-order valence-electron chi connectivity index (χ4n) is 2.48. The molecule has 1 aliphatic heterocycles. The molecule has 0 aliphatic carbocycles. The van der Waals surface area contributed by atoms with E-state index in [0.29, 0.717) is 0 Å². The third-order valence-corrected chi connectivity index (χ3v) is 3.66. The molecule has 106 valence electrons. The van der Waals surface area contributed by atoms with Crippen molar-refractivity contribution in [3.63, 3.8) is 0 Å². The zero-order valence-electron chi connectivity index (χ0n) is 12.4. The van der Waals surface area contributed by atoms with Crippen molar-refractivity contribution in [3.8, 4) is 0 Å². The highest BCUT2D eigenvalue weighted by atomic mass is 16.3. The van der Waals surface area contributed by atoms with Gasteiger partial charge in [0.2, 0.25) is 0 Å². The van der Waals surface area contributed by atoms with Crippen molar-refractivity contribution in [2.75, 3.05) is 6.54 Å². The lowest BCUT2D eigenvalue weighted by atomic mass is 9.95. The molecule has 0 amide bonds. The summed E-state index contributed by atoms with van der Waals surface area (Å²) in [5, 5.41) is 0. The van der Waals surface area contributed by atoms with Gasteiger partial charge in [-0.3, -0.25) is 4.90 Å². The van der Waals surface area contributed by atoms with Crippen LogP contribution in [0.5, 0.6) is 0 Å². The summed E-state index contributed by atoms with van der Waals surface area (Å²) in [6, 6.07) is 3.96. The lowest BCUT2D eigenvalue weighted by Crippen LogP contribution is -2.32. The van der Waals surface area contributed by atoms with Crippen LogP contribution in [0, 0.1) is 0 Å². The molecule has 0 unspecified atom stereocenters. The maximum absolute atomic E-state index is 5.43. The Hall–Kier alpha value is -1.68. The summed E-state index contributed by atoms with van der Waals surface area (Å²) in [5.74, 6) is 1.94. The Morgan fingerprint density at radius 1 is 1.35 bits per heavy atom. The third kappa shape index (κ3) is 2.75. The first-order chi connectivity index (χ1) is 9.52. The van der Waals surface area contributed by atoms with E-state index in [1.165, 1.54) is 11.3 Å². The molecule has 0 radical (unpaired) electrons. The van der Waals surface area contributed by atoms with Gasteiger partial charge in [0, 0.05) is 24.7 Å². The second-order valence-corrected chi connectivity index (χ2v) is 6.46. The Morgan fingerprint density at radius 3 is 2.90 bits per heavy atom. The topological polar surface area (TPSA) is 42.2 Å². The van der Waals surface area contributed by atoms with Crippen LogP contribution in [0.3, 0.4) is 0 Å². The van der Waals surface area contributed by atoms with Crippen LogP contribution in [-0.2, 0) is 24.9 Å². The lowest BCUT2D eigenvalue weighted by Gasteiger charge is -2.28. The van der Waals surface area contributed by atoms with Crippen molar-refractivity contribution in [1.29, 1.82) is 0 Å². The van der Waals surface area contributed by atoms with Crippen LogP contribution in [0.25, 0.3) is 0 Å². The molecule has 0 N–H and O–H groups in total. The molecule has 0 saturated carbocycles. The molecule has 1 aliphatic rings. The van der Waals surface area contributed by atoms with E-state index in [9.17, 15) is 0 Å². The Kier molecular flexibility index (Phi) is 3.34. The Bertz CT molecular complexity index is 584. The van der Waals surface area contributed by atoms with Gasteiger partial charge in [-0.15, -0.1) is 0 Å². The average Bonchev–Trinajstić information content (AvgIpc) is 2.90. The predicted molar refractivity (Wildman–Crippen MR) is 77.3 cm³/mol. The Labute approximate surface area is 119 Å². The standard InChI is InChI=1S/C16H21N3O/c1-16(2,3)15-17-9-12-6-7-19(11-14(12)18-15)10-13-5-4-8-20-13/h4-5,8-9H,6-7,10-11H2,1-3H3. The highest BCUT2D eigenvalue weighted by Crippen LogP contribution is 2.23. The quantitative estimate of drug-likeness (QED) is 0.842. The summed E-state index contributed by atoms with van der Waals surface area (Å²) in [4.78, 5) is 11.7. The largest absolute Gasteiger partial charge is 0.468 e. The lowest BCUT2D eigenvalue weighted by molar-refractivity contribution is 0.221. The van der Waals surface area contributed by atoms with E-state index < -0.39 is 0 Å². The highest BCUT2D eigenvalue weighted by molar-refractivity contribution is 5.22. The van der Waals surface area contributed by atoms with E-state index in [1.807, 2.05) is 18.3 Å². The van der Waals surface area contributed by atoms with Gasteiger partial charge in [-0.1, -0.05) is 20.8 Å². The van der Waals surface area contributed by atoms with Gasteiger partial charge in [0.25, 0.3) is 0 Å². The predicted octanol–water partition coefficient (Wildman–Crippen LogP) is 2.93. The molecule has 0 fully saturated rings. The van der Waals surface area contributed by atoms with Crippen LogP contribution < -0.4 is 0 Å². The van der Waals surface area contributed by atoms with Gasteiger partial charge in [0.15, 0.2) is 0 Å². The van der Waals surface area contributed by atoms with E-state index in [2.05, 4.69) is 30.7 Å². The molecular formula is C16H21N3O. The summed E-state index contributed by atoms with van der Waals surface area (Å²) >= 11 is 0. The molecule has 0 aromatic carbocycles. The second kappa shape index (κ2) is 5.02. The van der Waals surface area contributed by atoms with Gasteiger partial charge in [0.1, 0.15) is 11.6 Å². The van der Waals surface area contributed by atoms with Crippen molar-refractivity contribution in [2.45, 2.75) is 45.7 Å². The van der Waals surface area contributed by atoms with Gasteiger partial charge in [0.05, 0.1) is 18.5 Å². The number of nitrogens with zero attached hydrogens (tertiary/aromatic N) is 3. The van der Waals surface area contributed by atoms with Gasteiger partial charge < -0.3 is 4.42 Å². The van der Waals surface area contributed by atoms with E-state index in [-0.39, 0.29) is 5.41 Å². The van der Waals surface area contributed by atoms with E-state index in [1.54, 1.807) is 6.26 Å². The number of hydrogen-bond acceptors (Lipinski definition) is 4. The van der Waals surface area contributed by atoms with E-state index in [0.717, 1.165) is 37.6 Å². The molecule has 0 spiro atoms. The van der Waals surface area contributed by atoms with Crippen molar-refractivity contribution < 1.29 is 4.42 Å². The summed E-state index contributed by atoms with van der Waals surface area (Å²) in [6.07, 6.45) is 4.75. The minimum Gasteiger partial charge on any atom is -0.468 e. The molecular weight excluding hydrogens is 250 g/mol. The molecule has 2 aromatic rings. The summed E-state index contributed by atoms with van der Waals surface area (Å²) in [7, 11) is 0. The molecule has 3 rings (SSSR count). The molecule has 2 aromatic heterocycles. The number of hydrogen-bond donors (Lipinski definition) is 0. The maximum Gasteiger partial charge on any atom is 0.133 e. The van der Waals surface area contributed by atoms with Crippen LogP contribution in [0.1, 0.15) is 43.6 Å². The zero-order valence-corrected chi connectivity index (χ0v) is 12.4. The maximum atomic E-state index is 5.43. The summed E-state index contributed by atoms with van der Waals surface area (Å²) in [5.41, 5.74) is 2.45. The molecule has 0 bridgehead atoms. The molecule has 0 atom stereocenters. The molecule has 4 heteroatoms. The zero-order chi connectivity index (χ0) is 14.2. The van der Waals surface area contributed by atoms with Crippen molar-refractivity contribution >= 4 is 0 Å². The molecule has 4 nitrogen and oxygen atoms in total. The first-order valence-electron chi connectivity index (χ1n) is 7.12. The monoisotopic (exact) mass is 271 g/mol. The van der Waals surface area contributed by atoms with E-state index >= 15 is 0 Å². The number of fused-ring (bicyclic) bond motifs is 1. The first kappa shape index (κ1) is 13.3. The van der Waals surface area contributed by atoms with Crippen molar-refractivity contribution in [1.82, 2.24) is 14.9 Å². The average molecular weight is 271 g/mol. The minimum absolute atomic E-state index is 0.00167. The minimum atomic E-state index is -0.00167. The molecule has 3 heterocycles. The van der Waals surface area contributed by atoms with Gasteiger partial charge in [-0.05, 0) is 24.1 Å². The normalized spacial score (nSPS) is 16.1. The smallest absolute Gasteiger partial charge is 0.133 e. The van der Waals surface area contributed by atoms with Crippen molar-refractivity contribution in [2.24, 2.45) is 0 Å². The Morgan fingerprint density at radius 2 is 2.20 bits per heavy atom. The van der Waals surface area contributed by atoms with Gasteiger partial charge in [-0.25, -0.2) is 9.97 Å². The number of aromatic nitrogens is 2. The highest BCUT2D eigenvalue weighted by Gasteiger charge is 2.23. The van der Waals surface area contributed by atoms with Crippen LogP contribution in [0.2, 0.25) is 0 Å². The second-order valence-electron chi connectivity index (χ2n) is 6.46. The van der Waals surface area contributed by atoms with Gasteiger partial charge >= 0.3 is 0 Å². The van der Waals surface area contributed by atoms with E-state index in [4.69, 9.17) is 9.40 Å². The Balaban J connectivity index is 1.79. The van der Waals surface area contributed by atoms with Crippen LogP contribution in [0.15, 0.2) is 29.0 Å². The summed E-state index contributed by atoms with van der Waals surface area (Å²) in [6.45, 7) is 9.21. The van der Waals surface area contributed by atoms with Gasteiger partial charge in [-0.2, -0.15) is 0 Å².